The molecule has 2 nitrogen and oxygen atoms in total. The maximum absolute atomic E-state index is 11.3. The van der Waals surface area contributed by atoms with E-state index in [1.165, 1.54) is 6.42 Å². The van der Waals surface area contributed by atoms with Gasteiger partial charge in [-0.05, 0) is 39.0 Å². The van der Waals surface area contributed by atoms with Crippen LogP contribution < -0.4 is 0 Å². The third kappa shape index (κ3) is 2.50. The minimum Gasteiger partial charge on any atom is -0.465 e. The molecule has 1 fully saturated rings. The zero-order chi connectivity index (χ0) is 9.35. The molecule has 70 valence electrons. The number of carbonyl (C=O) groups excluding carboxylic acids is 1. The molecule has 2 atom stereocenters. The van der Waals surface area contributed by atoms with Crippen molar-refractivity contribution in [1.29, 1.82) is 0 Å². The normalized spacial score (nSPS) is 28.3. The van der Waals surface area contributed by atoms with Crippen molar-refractivity contribution in [2.45, 2.75) is 34.1 Å². The number of hydrogen-bond acceptors (Lipinski definition) is 2. The van der Waals surface area contributed by atoms with Crippen molar-refractivity contribution in [1.82, 2.24) is 0 Å². The maximum atomic E-state index is 11.3. The average molecular weight is 170 g/mol. The van der Waals surface area contributed by atoms with Gasteiger partial charge in [-0.25, -0.2) is 0 Å². The summed E-state index contributed by atoms with van der Waals surface area (Å²) < 4.78 is 5.16. The number of ether oxygens (including phenoxy) is 1. The highest BCUT2D eigenvalue weighted by Gasteiger charge is 2.34. The van der Waals surface area contributed by atoms with Crippen molar-refractivity contribution >= 4 is 5.97 Å². The summed E-state index contributed by atoms with van der Waals surface area (Å²) in [7, 11) is 0. The molecule has 12 heavy (non-hydrogen) atoms. The summed E-state index contributed by atoms with van der Waals surface area (Å²) in [6.45, 7) is 8.45. The predicted molar refractivity (Wildman–Crippen MR) is 47.7 cm³/mol. The Morgan fingerprint density at radius 3 is 2.33 bits per heavy atom. The van der Waals surface area contributed by atoms with E-state index in [1.54, 1.807) is 0 Å². The SMILES string of the molecule is CC1CC1COC(=O)C(C)(C)C. The van der Waals surface area contributed by atoms with Crippen LogP contribution >= 0.6 is 0 Å². The Kier molecular flexibility index (Phi) is 2.45. The second kappa shape index (κ2) is 3.08. The van der Waals surface area contributed by atoms with Crippen LogP contribution in [0.25, 0.3) is 0 Å². The van der Waals surface area contributed by atoms with Crippen LogP contribution in [0.4, 0.5) is 0 Å². The third-order valence-electron chi connectivity index (χ3n) is 2.32. The topological polar surface area (TPSA) is 26.3 Å². The fraction of sp³-hybridized carbons (Fsp3) is 0.900. The Labute approximate surface area is 74.3 Å². The van der Waals surface area contributed by atoms with Gasteiger partial charge in [0.25, 0.3) is 0 Å². The summed E-state index contributed by atoms with van der Waals surface area (Å²) in [6.07, 6.45) is 1.22. The molecule has 0 aromatic carbocycles. The van der Waals surface area contributed by atoms with Crippen LogP contribution in [0.1, 0.15) is 34.1 Å². The van der Waals surface area contributed by atoms with E-state index in [2.05, 4.69) is 6.92 Å². The molecule has 2 unspecified atom stereocenters. The summed E-state index contributed by atoms with van der Waals surface area (Å²) in [5.41, 5.74) is -0.349. The maximum Gasteiger partial charge on any atom is 0.311 e. The zero-order valence-electron chi connectivity index (χ0n) is 8.39. The van der Waals surface area contributed by atoms with Gasteiger partial charge in [-0.15, -0.1) is 0 Å². The molecule has 1 aliphatic carbocycles. The summed E-state index contributed by atoms with van der Waals surface area (Å²) in [4.78, 5) is 11.3. The van der Waals surface area contributed by atoms with Gasteiger partial charge in [-0.3, -0.25) is 4.79 Å². The van der Waals surface area contributed by atoms with Gasteiger partial charge in [0.05, 0.1) is 12.0 Å². The lowest BCUT2D eigenvalue weighted by molar-refractivity contribution is -0.153. The molecule has 0 bridgehead atoms. The van der Waals surface area contributed by atoms with E-state index in [0.717, 1.165) is 5.92 Å². The van der Waals surface area contributed by atoms with E-state index in [0.29, 0.717) is 12.5 Å². The molecule has 0 aromatic heterocycles. The standard InChI is InChI=1S/C10H18O2/c1-7-5-8(7)6-12-9(11)10(2,3)4/h7-8H,5-6H2,1-4H3. The first-order chi connectivity index (χ1) is 5.41. The van der Waals surface area contributed by atoms with Crippen LogP contribution in [0, 0.1) is 17.3 Å². The zero-order valence-corrected chi connectivity index (χ0v) is 8.39. The fourth-order valence-corrected chi connectivity index (χ4v) is 1.03. The molecular weight excluding hydrogens is 152 g/mol. The second-order valence-electron chi connectivity index (χ2n) is 4.82. The lowest BCUT2D eigenvalue weighted by Crippen LogP contribution is -2.23. The van der Waals surface area contributed by atoms with Gasteiger partial charge in [-0.1, -0.05) is 6.92 Å². The quantitative estimate of drug-likeness (QED) is 0.594. The van der Waals surface area contributed by atoms with Gasteiger partial charge in [0.15, 0.2) is 0 Å². The lowest BCUT2D eigenvalue weighted by Gasteiger charge is -2.16. The number of hydrogen-bond donors (Lipinski definition) is 0. The number of carbonyl (C=O) groups is 1. The van der Waals surface area contributed by atoms with Crippen LogP contribution in [0.3, 0.4) is 0 Å². The van der Waals surface area contributed by atoms with Crippen molar-refractivity contribution in [3.63, 3.8) is 0 Å². The van der Waals surface area contributed by atoms with E-state index in [4.69, 9.17) is 4.74 Å². The molecule has 0 heterocycles. The van der Waals surface area contributed by atoms with Gasteiger partial charge in [-0.2, -0.15) is 0 Å². The minimum atomic E-state index is -0.349. The van der Waals surface area contributed by atoms with Crippen molar-refractivity contribution in [3.05, 3.63) is 0 Å². The Balaban J connectivity index is 2.19. The Hall–Kier alpha value is -0.530. The first kappa shape index (κ1) is 9.56. The van der Waals surface area contributed by atoms with Crippen LogP contribution in [0.2, 0.25) is 0 Å². The Morgan fingerprint density at radius 1 is 1.50 bits per heavy atom. The smallest absolute Gasteiger partial charge is 0.311 e. The van der Waals surface area contributed by atoms with E-state index in [9.17, 15) is 4.79 Å². The van der Waals surface area contributed by atoms with Crippen molar-refractivity contribution in [2.75, 3.05) is 6.61 Å². The molecule has 2 heteroatoms. The summed E-state index contributed by atoms with van der Waals surface area (Å²) in [6, 6.07) is 0. The van der Waals surface area contributed by atoms with Crippen LogP contribution in [0.5, 0.6) is 0 Å². The Bertz CT molecular complexity index is 179. The molecule has 1 rings (SSSR count). The summed E-state index contributed by atoms with van der Waals surface area (Å²) >= 11 is 0. The molecule has 0 aliphatic heterocycles. The average Bonchev–Trinajstić information content (AvgIpc) is 2.59. The van der Waals surface area contributed by atoms with E-state index in [-0.39, 0.29) is 11.4 Å². The molecule has 0 saturated heterocycles. The number of esters is 1. The largest absolute Gasteiger partial charge is 0.465 e. The van der Waals surface area contributed by atoms with Crippen molar-refractivity contribution < 1.29 is 9.53 Å². The van der Waals surface area contributed by atoms with Crippen molar-refractivity contribution in [3.8, 4) is 0 Å². The molecule has 0 amide bonds. The number of rotatable bonds is 2. The van der Waals surface area contributed by atoms with Gasteiger partial charge < -0.3 is 4.74 Å². The minimum absolute atomic E-state index is 0.0819. The highest BCUT2D eigenvalue weighted by Crippen LogP contribution is 2.38. The van der Waals surface area contributed by atoms with Gasteiger partial charge in [0.1, 0.15) is 0 Å². The van der Waals surface area contributed by atoms with E-state index in [1.807, 2.05) is 20.8 Å². The van der Waals surface area contributed by atoms with Crippen LogP contribution in [-0.2, 0) is 9.53 Å². The van der Waals surface area contributed by atoms with Gasteiger partial charge >= 0.3 is 5.97 Å². The Morgan fingerprint density at radius 2 is 2.00 bits per heavy atom. The molecular formula is C10H18O2. The highest BCUT2D eigenvalue weighted by atomic mass is 16.5. The van der Waals surface area contributed by atoms with Gasteiger partial charge in [0, 0.05) is 0 Å². The van der Waals surface area contributed by atoms with Crippen LogP contribution in [0.15, 0.2) is 0 Å². The molecule has 0 N–H and O–H groups in total. The highest BCUT2D eigenvalue weighted by molar-refractivity contribution is 5.75. The van der Waals surface area contributed by atoms with Crippen molar-refractivity contribution in [2.24, 2.45) is 17.3 Å². The van der Waals surface area contributed by atoms with E-state index < -0.39 is 0 Å². The fourth-order valence-electron chi connectivity index (χ4n) is 1.03. The van der Waals surface area contributed by atoms with E-state index >= 15 is 0 Å². The molecule has 0 aromatic rings. The van der Waals surface area contributed by atoms with Gasteiger partial charge in [0.2, 0.25) is 0 Å². The summed E-state index contributed by atoms with van der Waals surface area (Å²) in [5, 5.41) is 0. The first-order valence-electron chi connectivity index (χ1n) is 4.58. The lowest BCUT2D eigenvalue weighted by atomic mass is 9.97. The monoisotopic (exact) mass is 170 g/mol. The molecule has 0 spiro atoms. The molecule has 0 radical (unpaired) electrons. The first-order valence-corrected chi connectivity index (χ1v) is 4.58. The van der Waals surface area contributed by atoms with Crippen LogP contribution in [-0.4, -0.2) is 12.6 Å². The predicted octanol–water partition coefficient (Wildman–Crippen LogP) is 2.23. The third-order valence-corrected chi connectivity index (χ3v) is 2.32. The second-order valence-corrected chi connectivity index (χ2v) is 4.82. The molecule has 1 saturated carbocycles. The summed E-state index contributed by atoms with van der Waals surface area (Å²) in [5.74, 6) is 1.32. The molecule has 1 aliphatic rings.